The van der Waals surface area contributed by atoms with Gasteiger partial charge in [-0.1, -0.05) is 64.8 Å². The average molecular weight is 763 g/mol. The topological polar surface area (TPSA) is 149 Å². The first-order valence-electron chi connectivity index (χ1n) is 19.6. The van der Waals surface area contributed by atoms with Crippen molar-refractivity contribution in [1.29, 1.82) is 10.5 Å². The van der Waals surface area contributed by atoms with E-state index in [0.29, 0.717) is 91.5 Å². The summed E-state index contributed by atoms with van der Waals surface area (Å²) in [5, 5.41) is 24.4. The largest absolute Gasteiger partial charge is 0.493 e. The van der Waals surface area contributed by atoms with Crippen LogP contribution in [0.4, 0.5) is 0 Å². The van der Waals surface area contributed by atoms with Crippen molar-refractivity contribution in [3.63, 3.8) is 0 Å². The van der Waals surface area contributed by atoms with Crippen molar-refractivity contribution in [1.82, 2.24) is 29.9 Å². The molecule has 8 rings (SSSR count). The molecule has 0 amide bonds. The van der Waals surface area contributed by atoms with E-state index < -0.39 is 0 Å². The Kier molecular flexibility index (Phi) is 10.7. The molecule has 2 unspecified atom stereocenters. The molecule has 58 heavy (non-hydrogen) atoms. The molecule has 0 fully saturated rings. The summed E-state index contributed by atoms with van der Waals surface area (Å²) in [7, 11) is 0. The number of hydrogen-bond donors (Lipinski definition) is 2. The maximum atomic E-state index is 11.0. The van der Waals surface area contributed by atoms with E-state index in [1.54, 1.807) is 12.4 Å². The molecule has 8 aromatic rings. The molecule has 4 aromatic carbocycles. The van der Waals surface area contributed by atoms with Crippen LogP contribution in [0, 0.1) is 34.5 Å². The number of benzene rings is 4. The minimum absolute atomic E-state index is 0.298. The summed E-state index contributed by atoms with van der Waals surface area (Å²) in [6.07, 6.45) is 5.30. The smallest absolute Gasteiger partial charge is 0.119 e. The summed E-state index contributed by atoms with van der Waals surface area (Å²) < 4.78 is 12.2. The summed E-state index contributed by atoms with van der Waals surface area (Å²) in [6, 6.07) is 35.8. The Morgan fingerprint density at radius 2 is 0.948 bits per heavy atom. The molecule has 0 saturated carbocycles. The Hall–Kier alpha value is -7.30. The fraction of sp³-hybridized carbons (Fsp3) is 0.208. The normalized spacial score (nSPS) is 13.5. The van der Waals surface area contributed by atoms with Gasteiger partial charge in [0.2, 0.25) is 0 Å². The van der Waals surface area contributed by atoms with Gasteiger partial charge in [0.15, 0.2) is 0 Å². The predicted octanol–water partition coefficient (Wildman–Crippen LogP) is 9.01. The van der Waals surface area contributed by atoms with Crippen molar-refractivity contribution in [2.75, 3.05) is 13.2 Å². The number of ether oxygens (including phenoxy) is 2. The molecular weight excluding hydrogens is 721 g/mol. The number of fused-ring (bicyclic) bond motifs is 3. The summed E-state index contributed by atoms with van der Waals surface area (Å²) in [5.41, 5.74) is 7.27. The number of para-hydroxylation sites is 4. The lowest BCUT2D eigenvalue weighted by Gasteiger charge is -2.11. The van der Waals surface area contributed by atoms with Gasteiger partial charge in [0.05, 0.1) is 69.8 Å². The Morgan fingerprint density at radius 3 is 1.31 bits per heavy atom. The molecule has 0 bridgehead atoms. The molecular formula is C48H42N8O2. The molecule has 10 heteroatoms. The number of H-pyrrole nitrogens is 2. The molecule has 2 atom stereocenters. The van der Waals surface area contributed by atoms with Gasteiger partial charge in [-0.05, 0) is 95.8 Å². The third kappa shape index (κ3) is 7.36. The van der Waals surface area contributed by atoms with Crippen molar-refractivity contribution in [2.45, 2.75) is 40.5 Å². The fourth-order valence-electron chi connectivity index (χ4n) is 6.84. The Bertz CT molecular complexity index is 2780. The van der Waals surface area contributed by atoms with E-state index in [0.717, 1.165) is 46.5 Å². The van der Waals surface area contributed by atoms with Crippen LogP contribution in [0.15, 0.2) is 109 Å². The van der Waals surface area contributed by atoms with Crippen LogP contribution in [-0.4, -0.2) is 43.1 Å². The second kappa shape index (κ2) is 16.4. The lowest BCUT2D eigenvalue weighted by Crippen LogP contribution is -2.12. The van der Waals surface area contributed by atoms with Crippen LogP contribution >= 0.6 is 0 Å². The van der Waals surface area contributed by atoms with Crippen LogP contribution in [-0.2, 0) is 0 Å². The van der Waals surface area contributed by atoms with Crippen molar-refractivity contribution < 1.29 is 9.47 Å². The molecule has 0 spiro atoms. The molecule has 0 aliphatic rings. The van der Waals surface area contributed by atoms with E-state index in [-0.39, 0.29) is 0 Å². The second-order valence-corrected chi connectivity index (χ2v) is 14.7. The van der Waals surface area contributed by atoms with Gasteiger partial charge in [0.25, 0.3) is 0 Å². The summed E-state index contributed by atoms with van der Waals surface area (Å²) in [6.45, 7) is 9.85. The molecule has 286 valence electrons. The first-order chi connectivity index (χ1) is 28.4. The molecule has 2 N–H and O–H groups in total. The molecule has 0 saturated heterocycles. The van der Waals surface area contributed by atoms with Crippen LogP contribution in [0.1, 0.15) is 51.9 Å². The van der Waals surface area contributed by atoms with E-state index >= 15 is 0 Å². The number of nitrogens with zero attached hydrogens (tertiary/aromatic N) is 6. The highest BCUT2D eigenvalue weighted by molar-refractivity contribution is 6.07. The lowest BCUT2D eigenvalue weighted by molar-refractivity contribution is 0.256. The maximum Gasteiger partial charge on any atom is 0.119 e. The summed E-state index contributed by atoms with van der Waals surface area (Å²) in [5.74, 6) is 2.35. The van der Waals surface area contributed by atoms with Crippen molar-refractivity contribution in [3.8, 4) is 46.2 Å². The predicted molar refractivity (Wildman–Crippen MR) is 228 cm³/mol. The monoisotopic (exact) mass is 762 g/mol. The summed E-state index contributed by atoms with van der Waals surface area (Å²) in [4.78, 5) is 26.4. The highest BCUT2D eigenvalue weighted by Crippen LogP contribution is 2.33. The number of rotatable bonds is 12. The van der Waals surface area contributed by atoms with E-state index in [9.17, 15) is 10.5 Å². The summed E-state index contributed by atoms with van der Waals surface area (Å²) >= 11 is 0. The fourth-order valence-corrected chi connectivity index (χ4v) is 6.84. The zero-order valence-corrected chi connectivity index (χ0v) is 32.9. The van der Waals surface area contributed by atoms with Crippen LogP contribution < -0.4 is 20.2 Å². The third-order valence-electron chi connectivity index (χ3n) is 10.6. The maximum absolute atomic E-state index is 11.0. The minimum Gasteiger partial charge on any atom is -0.493 e. The van der Waals surface area contributed by atoms with Crippen molar-refractivity contribution in [3.05, 3.63) is 132 Å². The van der Waals surface area contributed by atoms with Crippen LogP contribution in [0.3, 0.4) is 0 Å². The average Bonchev–Trinajstić information content (AvgIpc) is 3.85. The van der Waals surface area contributed by atoms with Gasteiger partial charge >= 0.3 is 0 Å². The second-order valence-electron chi connectivity index (χ2n) is 14.7. The highest BCUT2D eigenvalue weighted by atomic mass is 16.5. The molecule has 0 aliphatic heterocycles. The van der Waals surface area contributed by atoms with Crippen molar-refractivity contribution >= 4 is 44.0 Å². The van der Waals surface area contributed by atoms with E-state index in [1.807, 2.05) is 97.1 Å². The molecule has 10 nitrogen and oxygen atoms in total. The minimum atomic E-state index is 0.298. The van der Waals surface area contributed by atoms with Gasteiger partial charge in [-0.2, -0.15) is 10.5 Å². The van der Waals surface area contributed by atoms with E-state index in [1.165, 1.54) is 0 Å². The van der Waals surface area contributed by atoms with Gasteiger partial charge in [0.1, 0.15) is 46.2 Å². The Morgan fingerprint density at radius 1 is 0.569 bits per heavy atom. The number of aromatic amines is 2. The SMILES string of the molecule is CCC(C)COc1ccc(-c2[nH]/c(=C(/C#N)c3cnc4ccccc4n3)c3c(-c4ccc(OCC(C)CC)cc4)[nH]/c(=C(/C#N)c4cnc5ccccc5n4)c23)cc1. The highest BCUT2D eigenvalue weighted by Gasteiger charge is 2.23. The molecule has 4 heterocycles. The van der Waals surface area contributed by atoms with Crippen LogP contribution in [0.2, 0.25) is 0 Å². The number of hydrogen-bond acceptors (Lipinski definition) is 8. The quantitative estimate of drug-likeness (QED) is 0.125. The van der Waals surface area contributed by atoms with Gasteiger partial charge in [-0.15, -0.1) is 0 Å². The van der Waals surface area contributed by atoms with Gasteiger partial charge in [0, 0.05) is 10.8 Å². The number of nitriles is 2. The van der Waals surface area contributed by atoms with E-state index in [4.69, 9.17) is 19.4 Å². The molecule has 4 aromatic heterocycles. The van der Waals surface area contributed by atoms with Crippen LogP contribution in [0.25, 0.3) is 66.5 Å². The van der Waals surface area contributed by atoms with Crippen LogP contribution in [0.5, 0.6) is 11.5 Å². The van der Waals surface area contributed by atoms with Gasteiger partial charge in [-0.25, -0.2) is 9.97 Å². The zero-order chi connectivity index (χ0) is 40.2. The Labute approximate surface area is 336 Å². The number of nitrogens with one attached hydrogen (secondary N) is 2. The van der Waals surface area contributed by atoms with Crippen molar-refractivity contribution in [2.24, 2.45) is 11.8 Å². The molecule has 0 radical (unpaired) electrons. The zero-order valence-electron chi connectivity index (χ0n) is 32.9. The van der Waals surface area contributed by atoms with Gasteiger partial charge in [-0.3, -0.25) is 9.97 Å². The third-order valence-corrected chi connectivity index (χ3v) is 10.6. The standard InChI is InChI=1S/C48H42N8O2/c1-5-29(3)27-57-33-19-15-31(16-20-33)45-43-44(48(55-45)36(24-50)42-26-52-38-12-8-10-14-40(38)54-42)46(32-17-21-34(22-18-32)58-28-30(4)6-2)56-47(43)35(23-49)41-25-51-37-11-7-9-13-39(37)53-41/h7-22,25-26,29-30,55-56H,5-6,27-28H2,1-4H3/b47-35-,48-36-. The lowest BCUT2D eigenvalue weighted by atomic mass is 10.0. The Balaban J connectivity index is 1.45. The first kappa shape index (κ1) is 37.6. The number of aromatic nitrogens is 6. The van der Waals surface area contributed by atoms with E-state index in [2.05, 4.69) is 59.8 Å². The first-order valence-corrected chi connectivity index (χ1v) is 19.6. The molecule has 0 aliphatic carbocycles. The van der Waals surface area contributed by atoms with Gasteiger partial charge < -0.3 is 19.4 Å².